The Labute approximate surface area is 150 Å². The number of carbonyl (C=O) groups excluding carboxylic acids is 1. The summed E-state index contributed by atoms with van der Waals surface area (Å²) in [5.41, 5.74) is 0.748. The van der Waals surface area contributed by atoms with E-state index in [1.807, 2.05) is 17.0 Å². The first-order chi connectivity index (χ1) is 12.2. The van der Waals surface area contributed by atoms with Gasteiger partial charge in [-0.05, 0) is 25.0 Å². The van der Waals surface area contributed by atoms with Gasteiger partial charge in [-0.3, -0.25) is 4.79 Å². The van der Waals surface area contributed by atoms with Crippen molar-refractivity contribution in [2.24, 2.45) is 0 Å². The number of aromatic nitrogens is 2. The van der Waals surface area contributed by atoms with E-state index >= 15 is 0 Å². The van der Waals surface area contributed by atoms with Crippen LogP contribution in [0, 0.1) is 0 Å². The molecule has 0 saturated carbocycles. The molecule has 0 aliphatic carbocycles. The Kier molecular flexibility index (Phi) is 5.80. The molecule has 3 rings (SSSR count). The van der Waals surface area contributed by atoms with Crippen LogP contribution in [-0.4, -0.2) is 54.1 Å². The van der Waals surface area contributed by atoms with Gasteiger partial charge < -0.3 is 18.8 Å². The van der Waals surface area contributed by atoms with Crippen LogP contribution in [0.1, 0.15) is 19.3 Å². The van der Waals surface area contributed by atoms with Gasteiger partial charge in [0.1, 0.15) is 11.5 Å². The molecular weight excluding hydrogens is 342 g/mol. The number of hydrogen-bond donors (Lipinski definition) is 0. The molecule has 0 atom stereocenters. The topological polar surface area (TPSA) is 77.7 Å². The number of amides is 1. The quantitative estimate of drug-likeness (QED) is 0.527. The van der Waals surface area contributed by atoms with Gasteiger partial charge >= 0.3 is 0 Å². The Bertz CT molecular complexity index is 712. The Morgan fingerprint density at radius 2 is 1.96 bits per heavy atom. The smallest absolute Gasteiger partial charge is 0.276 e. The highest BCUT2D eigenvalue weighted by Crippen LogP contribution is 2.30. The van der Waals surface area contributed by atoms with Crippen molar-refractivity contribution in [2.75, 3.05) is 33.1 Å². The molecule has 1 saturated heterocycles. The standard InChI is InChI=1S/C17H21N3O4S/c1-22-13-9-12(10-14(11-13)23-2)16-18-19-17(24-16)25-8-4-7-20-6-3-5-15(20)21/h9-11H,3-8H2,1-2H3. The van der Waals surface area contributed by atoms with E-state index in [0.29, 0.717) is 29.0 Å². The van der Waals surface area contributed by atoms with Crippen molar-refractivity contribution in [3.63, 3.8) is 0 Å². The van der Waals surface area contributed by atoms with Crippen molar-refractivity contribution in [2.45, 2.75) is 24.5 Å². The highest BCUT2D eigenvalue weighted by atomic mass is 32.2. The minimum absolute atomic E-state index is 0.261. The molecule has 0 bridgehead atoms. The number of likely N-dealkylation sites (tertiary alicyclic amines) is 1. The largest absolute Gasteiger partial charge is 0.497 e. The van der Waals surface area contributed by atoms with Crippen molar-refractivity contribution < 1.29 is 18.7 Å². The maximum Gasteiger partial charge on any atom is 0.276 e. The summed E-state index contributed by atoms with van der Waals surface area (Å²) in [5.74, 6) is 2.84. The lowest BCUT2D eigenvalue weighted by Crippen LogP contribution is -2.25. The Morgan fingerprint density at radius 3 is 2.60 bits per heavy atom. The molecule has 1 amide bonds. The average molecular weight is 363 g/mol. The molecule has 1 aromatic carbocycles. The molecule has 2 aromatic rings. The van der Waals surface area contributed by atoms with Crippen LogP contribution in [0.3, 0.4) is 0 Å². The summed E-state index contributed by atoms with van der Waals surface area (Å²) in [6.07, 6.45) is 2.56. The van der Waals surface area contributed by atoms with Crippen LogP contribution >= 0.6 is 11.8 Å². The summed E-state index contributed by atoms with van der Waals surface area (Å²) in [6, 6.07) is 5.43. The fourth-order valence-corrected chi connectivity index (χ4v) is 3.36. The van der Waals surface area contributed by atoms with Gasteiger partial charge in [-0.2, -0.15) is 0 Å². The van der Waals surface area contributed by atoms with Crippen molar-refractivity contribution in [3.8, 4) is 23.0 Å². The second-order valence-electron chi connectivity index (χ2n) is 5.66. The molecule has 25 heavy (non-hydrogen) atoms. The molecule has 1 aromatic heterocycles. The Hall–Kier alpha value is -2.22. The second kappa shape index (κ2) is 8.24. The number of hydrogen-bond acceptors (Lipinski definition) is 7. The highest BCUT2D eigenvalue weighted by molar-refractivity contribution is 7.99. The lowest BCUT2D eigenvalue weighted by Gasteiger charge is -2.14. The first-order valence-electron chi connectivity index (χ1n) is 8.17. The average Bonchev–Trinajstić information content (AvgIpc) is 3.27. The predicted molar refractivity (Wildman–Crippen MR) is 94.0 cm³/mol. The van der Waals surface area contributed by atoms with E-state index in [1.54, 1.807) is 20.3 Å². The lowest BCUT2D eigenvalue weighted by atomic mass is 10.2. The third-order valence-corrected chi connectivity index (χ3v) is 4.88. The summed E-state index contributed by atoms with van der Waals surface area (Å²) in [5, 5.41) is 8.68. The minimum Gasteiger partial charge on any atom is -0.497 e. The SMILES string of the molecule is COc1cc(OC)cc(-c2nnc(SCCCN3CCCC3=O)o2)c1. The van der Waals surface area contributed by atoms with E-state index < -0.39 is 0 Å². The van der Waals surface area contributed by atoms with Crippen LogP contribution < -0.4 is 9.47 Å². The zero-order valence-electron chi connectivity index (χ0n) is 14.4. The van der Waals surface area contributed by atoms with Gasteiger partial charge in [-0.25, -0.2) is 0 Å². The first-order valence-corrected chi connectivity index (χ1v) is 9.15. The fourth-order valence-electron chi connectivity index (χ4n) is 2.67. The number of benzene rings is 1. The van der Waals surface area contributed by atoms with Crippen LogP contribution in [0.5, 0.6) is 11.5 Å². The first kappa shape index (κ1) is 17.6. The fraction of sp³-hybridized carbons (Fsp3) is 0.471. The van der Waals surface area contributed by atoms with E-state index in [0.717, 1.165) is 37.2 Å². The molecule has 7 nitrogen and oxygen atoms in total. The molecule has 0 spiro atoms. The van der Waals surface area contributed by atoms with Gasteiger partial charge in [0.05, 0.1) is 14.2 Å². The minimum atomic E-state index is 0.261. The summed E-state index contributed by atoms with van der Waals surface area (Å²) >= 11 is 1.50. The van der Waals surface area contributed by atoms with E-state index in [2.05, 4.69) is 10.2 Å². The highest BCUT2D eigenvalue weighted by Gasteiger charge is 2.19. The molecule has 0 radical (unpaired) electrons. The van der Waals surface area contributed by atoms with E-state index in [4.69, 9.17) is 13.9 Å². The van der Waals surface area contributed by atoms with Gasteiger partial charge in [-0.15, -0.1) is 10.2 Å². The molecule has 1 fully saturated rings. The maximum absolute atomic E-state index is 11.6. The lowest BCUT2D eigenvalue weighted by molar-refractivity contribution is -0.127. The zero-order chi connectivity index (χ0) is 17.6. The monoisotopic (exact) mass is 363 g/mol. The third-order valence-electron chi connectivity index (χ3n) is 3.97. The summed E-state index contributed by atoms with van der Waals surface area (Å²) < 4.78 is 16.2. The van der Waals surface area contributed by atoms with Gasteiger partial charge in [-0.1, -0.05) is 11.8 Å². The van der Waals surface area contributed by atoms with Crippen molar-refractivity contribution in [1.29, 1.82) is 0 Å². The molecule has 1 aliphatic heterocycles. The van der Waals surface area contributed by atoms with Crippen molar-refractivity contribution >= 4 is 17.7 Å². The Balaban J connectivity index is 1.56. The molecular formula is C17H21N3O4S. The molecule has 8 heteroatoms. The van der Waals surface area contributed by atoms with Gasteiger partial charge in [0, 0.05) is 36.9 Å². The van der Waals surface area contributed by atoms with Gasteiger partial charge in [0.25, 0.3) is 5.22 Å². The van der Waals surface area contributed by atoms with Crippen LogP contribution in [0.15, 0.2) is 27.8 Å². The zero-order valence-corrected chi connectivity index (χ0v) is 15.2. The molecule has 0 unspecified atom stereocenters. The normalized spacial score (nSPS) is 14.2. The molecule has 134 valence electrons. The number of rotatable bonds is 8. The Morgan fingerprint density at radius 1 is 1.20 bits per heavy atom. The predicted octanol–water partition coefficient (Wildman–Crippen LogP) is 2.86. The van der Waals surface area contributed by atoms with E-state index in [9.17, 15) is 4.79 Å². The summed E-state index contributed by atoms with van der Waals surface area (Å²) in [6.45, 7) is 1.67. The van der Waals surface area contributed by atoms with Gasteiger partial charge in [0.2, 0.25) is 11.8 Å². The molecule has 0 N–H and O–H groups in total. The van der Waals surface area contributed by atoms with E-state index in [-0.39, 0.29) is 5.91 Å². The van der Waals surface area contributed by atoms with Gasteiger partial charge in [0.15, 0.2) is 0 Å². The molecule has 1 aliphatic rings. The second-order valence-corrected chi connectivity index (χ2v) is 6.71. The van der Waals surface area contributed by atoms with Crippen LogP contribution in [0.4, 0.5) is 0 Å². The number of nitrogens with zero attached hydrogens (tertiary/aromatic N) is 3. The number of ether oxygens (including phenoxy) is 2. The van der Waals surface area contributed by atoms with Crippen molar-refractivity contribution in [3.05, 3.63) is 18.2 Å². The van der Waals surface area contributed by atoms with E-state index in [1.165, 1.54) is 11.8 Å². The third kappa shape index (κ3) is 4.45. The molecule has 2 heterocycles. The van der Waals surface area contributed by atoms with Crippen LogP contribution in [0.25, 0.3) is 11.5 Å². The summed E-state index contributed by atoms with van der Waals surface area (Å²) in [4.78, 5) is 13.5. The summed E-state index contributed by atoms with van der Waals surface area (Å²) in [7, 11) is 3.19. The van der Waals surface area contributed by atoms with Crippen LogP contribution in [-0.2, 0) is 4.79 Å². The number of methoxy groups -OCH3 is 2. The maximum atomic E-state index is 11.6. The number of thioether (sulfide) groups is 1. The van der Waals surface area contributed by atoms with Crippen molar-refractivity contribution in [1.82, 2.24) is 15.1 Å². The van der Waals surface area contributed by atoms with Crippen LogP contribution in [0.2, 0.25) is 0 Å². The number of carbonyl (C=O) groups is 1.